The van der Waals surface area contributed by atoms with Crippen molar-refractivity contribution in [2.45, 2.75) is 38.7 Å². The fraction of sp³-hybridized carbons (Fsp3) is 0.588. The number of carbonyl (C=O) groups is 1. The first kappa shape index (κ1) is 15.2. The third kappa shape index (κ3) is 3.04. The van der Waals surface area contributed by atoms with Crippen LogP contribution in [0.2, 0.25) is 0 Å². The first-order valence-corrected chi connectivity index (χ1v) is 8.22. The van der Waals surface area contributed by atoms with Gasteiger partial charge in [0.2, 0.25) is 0 Å². The first-order chi connectivity index (χ1) is 10.7. The Balaban J connectivity index is 1.77. The molecule has 2 aliphatic heterocycles. The van der Waals surface area contributed by atoms with Crippen LogP contribution in [0.5, 0.6) is 11.5 Å². The summed E-state index contributed by atoms with van der Waals surface area (Å²) in [6.07, 6.45) is 4.00. The molecule has 0 spiro atoms. The number of fused-ring (bicyclic) bond motifs is 1. The Morgan fingerprint density at radius 2 is 2.00 bits per heavy atom. The van der Waals surface area contributed by atoms with E-state index in [9.17, 15) is 9.90 Å². The van der Waals surface area contributed by atoms with Crippen LogP contribution in [0.4, 0.5) is 5.69 Å². The maximum atomic E-state index is 12.6. The molecule has 0 aliphatic carbocycles. The Morgan fingerprint density at radius 3 is 2.73 bits per heavy atom. The summed E-state index contributed by atoms with van der Waals surface area (Å²) >= 11 is 0. The van der Waals surface area contributed by atoms with E-state index in [4.69, 9.17) is 4.74 Å². The third-order valence-corrected chi connectivity index (χ3v) is 4.50. The van der Waals surface area contributed by atoms with Gasteiger partial charge in [-0.1, -0.05) is 13.3 Å². The summed E-state index contributed by atoms with van der Waals surface area (Å²) in [6, 6.07) is 4.97. The summed E-state index contributed by atoms with van der Waals surface area (Å²) in [4.78, 5) is 16.8. The van der Waals surface area contributed by atoms with Crippen LogP contribution >= 0.6 is 0 Å². The van der Waals surface area contributed by atoms with Gasteiger partial charge in [-0.2, -0.15) is 0 Å². The van der Waals surface area contributed by atoms with Crippen LogP contribution < -0.4 is 9.64 Å². The highest BCUT2D eigenvalue weighted by molar-refractivity contribution is 6.00. The Kier molecular flexibility index (Phi) is 4.52. The van der Waals surface area contributed by atoms with Crippen LogP contribution in [0.1, 0.15) is 32.6 Å². The van der Waals surface area contributed by atoms with Gasteiger partial charge in [0.05, 0.1) is 5.69 Å². The standard InChI is InChI=1S/C17H24N2O3/c1-2-15-17(21)19(11-10-18-8-4-3-5-9-18)14-7-6-13(20)12-16(14)22-15/h6-7,12,15,20H,2-5,8-11H2,1H3. The van der Waals surface area contributed by atoms with Crippen molar-refractivity contribution in [3.63, 3.8) is 0 Å². The lowest BCUT2D eigenvalue weighted by atomic mass is 10.1. The highest BCUT2D eigenvalue weighted by Gasteiger charge is 2.33. The van der Waals surface area contributed by atoms with E-state index in [-0.39, 0.29) is 11.7 Å². The molecule has 1 atom stereocenters. The highest BCUT2D eigenvalue weighted by Crippen LogP contribution is 2.37. The average molecular weight is 304 g/mol. The topological polar surface area (TPSA) is 53.0 Å². The Morgan fingerprint density at radius 1 is 1.23 bits per heavy atom. The molecule has 2 aliphatic rings. The number of phenols is 1. The van der Waals surface area contributed by atoms with Gasteiger partial charge in [0.1, 0.15) is 11.5 Å². The minimum atomic E-state index is -0.448. The molecule has 0 saturated carbocycles. The number of anilines is 1. The predicted molar refractivity (Wildman–Crippen MR) is 85.5 cm³/mol. The lowest BCUT2D eigenvalue weighted by Crippen LogP contribution is -2.48. The molecule has 3 rings (SSSR count). The van der Waals surface area contributed by atoms with Crippen LogP contribution in [0, 0.1) is 0 Å². The number of amides is 1. The molecule has 1 aromatic carbocycles. The largest absolute Gasteiger partial charge is 0.508 e. The lowest BCUT2D eigenvalue weighted by molar-refractivity contribution is -0.126. The van der Waals surface area contributed by atoms with Crippen molar-refractivity contribution >= 4 is 11.6 Å². The van der Waals surface area contributed by atoms with E-state index in [1.165, 1.54) is 19.3 Å². The molecular weight excluding hydrogens is 280 g/mol. The zero-order chi connectivity index (χ0) is 15.5. The van der Waals surface area contributed by atoms with Gasteiger partial charge in [0.15, 0.2) is 6.10 Å². The highest BCUT2D eigenvalue weighted by atomic mass is 16.5. The summed E-state index contributed by atoms with van der Waals surface area (Å²) in [5.74, 6) is 0.793. The third-order valence-electron chi connectivity index (χ3n) is 4.50. The second-order valence-corrected chi connectivity index (χ2v) is 6.06. The van der Waals surface area contributed by atoms with Gasteiger partial charge in [-0.05, 0) is 44.5 Å². The van der Waals surface area contributed by atoms with Gasteiger partial charge in [-0.3, -0.25) is 4.79 Å². The number of likely N-dealkylation sites (tertiary alicyclic amines) is 1. The molecule has 5 heteroatoms. The SMILES string of the molecule is CCC1Oc2cc(O)ccc2N(CCN2CCCCC2)C1=O. The summed E-state index contributed by atoms with van der Waals surface area (Å²) < 4.78 is 5.73. The molecule has 120 valence electrons. The minimum Gasteiger partial charge on any atom is -0.508 e. The number of hydrogen-bond acceptors (Lipinski definition) is 4. The Bertz CT molecular complexity index is 541. The average Bonchev–Trinajstić information content (AvgIpc) is 2.54. The second kappa shape index (κ2) is 6.57. The van der Waals surface area contributed by atoms with Crippen molar-refractivity contribution in [3.05, 3.63) is 18.2 Å². The summed E-state index contributed by atoms with van der Waals surface area (Å²) in [6.45, 7) is 5.76. The van der Waals surface area contributed by atoms with Gasteiger partial charge in [-0.15, -0.1) is 0 Å². The van der Waals surface area contributed by atoms with Crippen molar-refractivity contribution in [3.8, 4) is 11.5 Å². The number of ether oxygens (including phenoxy) is 1. The molecule has 1 unspecified atom stereocenters. The van der Waals surface area contributed by atoms with Crippen molar-refractivity contribution < 1.29 is 14.6 Å². The molecule has 1 saturated heterocycles. The van der Waals surface area contributed by atoms with Crippen LogP contribution in [-0.4, -0.2) is 48.2 Å². The van der Waals surface area contributed by atoms with E-state index >= 15 is 0 Å². The molecule has 5 nitrogen and oxygen atoms in total. The molecule has 0 radical (unpaired) electrons. The number of benzene rings is 1. The summed E-state index contributed by atoms with van der Waals surface area (Å²) in [5, 5.41) is 9.64. The fourth-order valence-corrected chi connectivity index (χ4v) is 3.23. The van der Waals surface area contributed by atoms with E-state index in [0.717, 1.165) is 25.3 Å². The molecule has 0 aromatic heterocycles. The smallest absolute Gasteiger partial charge is 0.268 e. The molecule has 1 N–H and O–H groups in total. The molecule has 2 heterocycles. The van der Waals surface area contributed by atoms with Crippen LogP contribution in [0.15, 0.2) is 18.2 Å². The van der Waals surface area contributed by atoms with E-state index in [1.54, 1.807) is 18.2 Å². The van der Waals surface area contributed by atoms with Gasteiger partial charge in [-0.25, -0.2) is 0 Å². The number of carbonyl (C=O) groups excluding carboxylic acids is 1. The zero-order valence-corrected chi connectivity index (χ0v) is 13.1. The number of piperidine rings is 1. The maximum Gasteiger partial charge on any atom is 0.268 e. The second-order valence-electron chi connectivity index (χ2n) is 6.06. The molecule has 0 bridgehead atoms. The van der Waals surface area contributed by atoms with E-state index in [0.29, 0.717) is 18.7 Å². The Labute approximate surface area is 131 Å². The summed E-state index contributed by atoms with van der Waals surface area (Å²) in [5.41, 5.74) is 0.768. The molecule has 1 amide bonds. The number of phenolic OH excluding ortho intramolecular Hbond substituents is 1. The van der Waals surface area contributed by atoms with E-state index < -0.39 is 6.10 Å². The predicted octanol–water partition coefficient (Wildman–Crippen LogP) is 2.38. The van der Waals surface area contributed by atoms with Gasteiger partial charge in [0, 0.05) is 19.2 Å². The molecule has 22 heavy (non-hydrogen) atoms. The van der Waals surface area contributed by atoms with E-state index in [2.05, 4.69) is 4.90 Å². The quantitative estimate of drug-likeness (QED) is 0.928. The minimum absolute atomic E-state index is 0.0256. The molecular formula is C17H24N2O3. The van der Waals surface area contributed by atoms with Gasteiger partial charge in [0.25, 0.3) is 5.91 Å². The normalized spacial score (nSPS) is 22.3. The van der Waals surface area contributed by atoms with Crippen molar-refractivity contribution in [2.24, 2.45) is 0 Å². The van der Waals surface area contributed by atoms with Crippen molar-refractivity contribution in [1.82, 2.24) is 4.90 Å². The van der Waals surface area contributed by atoms with Gasteiger partial charge < -0.3 is 19.6 Å². The number of hydrogen-bond donors (Lipinski definition) is 1. The maximum absolute atomic E-state index is 12.6. The monoisotopic (exact) mass is 304 g/mol. The van der Waals surface area contributed by atoms with Crippen LogP contribution in [0.25, 0.3) is 0 Å². The zero-order valence-electron chi connectivity index (χ0n) is 13.1. The fourth-order valence-electron chi connectivity index (χ4n) is 3.23. The van der Waals surface area contributed by atoms with E-state index in [1.807, 2.05) is 11.8 Å². The molecule has 1 fully saturated rings. The number of rotatable bonds is 4. The molecule has 1 aromatic rings. The summed E-state index contributed by atoms with van der Waals surface area (Å²) in [7, 11) is 0. The van der Waals surface area contributed by atoms with Crippen molar-refractivity contribution in [1.29, 1.82) is 0 Å². The van der Waals surface area contributed by atoms with Crippen molar-refractivity contribution in [2.75, 3.05) is 31.1 Å². The van der Waals surface area contributed by atoms with Crippen LogP contribution in [0.3, 0.4) is 0 Å². The first-order valence-electron chi connectivity index (χ1n) is 8.22. The van der Waals surface area contributed by atoms with Gasteiger partial charge >= 0.3 is 0 Å². The number of aromatic hydroxyl groups is 1. The Hall–Kier alpha value is -1.75. The lowest BCUT2D eigenvalue weighted by Gasteiger charge is -2.36. The van der Waals surface area contributed by atoms with Crippen LogP contribution in [-0.2, 0) is 4.79 Å². The number of nitrogens with zero attached hydrogens (tertiary/aromatic N) is 2.